The van der Waals surface area contributed by atoms with Crippen molar-refractivity contribution in [3.05, 3.63) is 47.8 Å². The number of hydrogen-bond donors (Lipinski definition) is 1. The molecule has 0 aliphatic rings. The van der Waals surface area contributed by atoms with Gasteiger partial charge in [0.15, 0.2) is 5.96 Å². The summed E-state index contributed by atoms with van der Waals surface area (Å²) in [5.74, 6) is 1.74. The van der Waals surface area contributed by atoms with E-state index < -0.39 is 0 Å². The maximum absolute atomic E-state index is 5.82. The van der Waals surface area contributed by atoms with Crippen LogP contribution in [0.25, 0.3) is 0 Å². The van der Waals surface area contributed by atoms with Crippen LogP contribution in [0.3, 0.4) is 0 Å². The summed E-state index contributed by atoms with van der Waals surface area (Å²) in [5.41, 5.74) is 2.41. The standard InChI is InChI=1S/C20H32N6O.HI/c1-16-7-9-18(10-8-16)27-12-11-25(5)20(21-2)22-14-19(24(3)4)17-13-23-26(6)15-17;/h7-10,13,15,19H,11-12,14H2,1-6H3,(H,21,22);1H. The van der Waals surface area contributed by atoms with E-state index in [2.05, 4.69) is 58.4 Å². The summed E-state index contributed by atoms with van der Waals surface area (Å²) in [7, 11) is 9.89. The summed E-state index contributed by atoms with van der Waals surface area (Å²) in [5, 5.41) is 7.74. The molecule has 0 saturated heterocycles. The van der Waals surface area contributed by atoms with Crippen LogP contribution in [-0.2, 0) is 7.05 Å². The van der Waals surface area contributed by atoms with Crippen LogP contribution >= 0.6 is 24.0 Å². The van der Waals surface area contributed by atoms with Gasteiger partial charge in [-0.25, -0.2) is 0 Å². The molecule has 0 aliphatic carbocycles. The predicted molar refractivity (Wildman–Crippen MR) is 126 cm³/mol. The molecule has 0 bridgehead atoms. The van der Waals surface area contributed by atoms with Crippen LogP contribution in [0, 0.1) is 6.92 Å². The number of likely N-dealkylation sites (N-methyl/N-ethyl adjacent to an activating group) is 2. The first-order valence-corrected chi connectivity index (χ1v) is 9.17. The second-order valence-corrected chi connectivity index (χ2v) is 6.94. The summed E-state index contributed by atoms with van der Waals surface area (Å²) in [6, 6.07) is 8.32. The van der Waals surface area contributed by atoms with Crippen molar-refractivity contribution in [3.63, 3.8) is 0 Å². The smallest absolute Gasteiger partial charge is 0.193 e. The van der Waals surface area contributed by atoms with E-state index in [1.807, 2.05) is 43.3 Å². The molecule has 0 radical (unpaired) electrons. The second kappa shape index (κ2) is 11.9. The summed E-state index contributed by atoms with van der Waals surface area (Å²) in [6.45, 7) is 4.15. The topological polar surface area (TPSA) is 57.9 Å². The monoisotopic (exact) mass is 500 g/mol. The Morgan fingerprint density at radius 2 is 1.93 bits per heavy atom. The number of guanidine groups is 1. The van der Waals surface area contributed by atoms with E-state index in [4.69, 9.17) is 4.74 Å². The molecule has 1 N–H and O–H groups in total. The van der Waals surface area contributed by atoms with Gasteiger partial charge in [-0.05, 0) is 33.2 Å². The largest absolute Gasteiger partial charge is 0.492 e. The molecule has 0 saturated carbocycles. The van der Waals surface area contributed by atoms with Gasteiger partial charge in [-0.15, -0.1) is 24.0 Å². The van der Waals surface area contributed by atoms with Crippen LogP contribution in [-0.4, -0.2) is 73.4 Å². The number of nitrogens with zero attached hydrogens (tertiary/aromatic N) is 5. The molecular weight excluding hydrogens is 467 g/mol. The Balaban J connectivity index is 0.00000392. The highest BCUT2D eigenvalue weighted by molar-refractivity contribution is 14.0. The normalized spacial score (nSPS) is 12.5. The predicted octanol–water partition coefficient (Wildman–Crippen LogP) is 2.54. The highest BCUT2D eigenvalue weighted by atomic mass is 127. The lowest BCUT2D eigenvalue weighted by Gasteiger charge is -2.27. The van der Waals surface area contributed by atoms with Gasteiger partial charge in [0.2, 0.25) is 0 Å². The van der Waals surface area contributed by atoms with E-state index >= 15 is 0 Å². The minimum atomic E-state index is 0. The molecule has 1 aromatic heterocycles. The van der Waals surface area contributed by atoms with E-state index in [1.54, 1.807) is 7.05 Å². The van der Waals surface area contributed by atoms with Crippen molar-refractivity contribution in [3.8, 4) is 5.75 Å². The zero-order valence-corrected chi connectivity index (χ0v) is 20.0. The molecule has 7 nitrogen and oxygen atoms in total. The van der Waals surface area contributed by atoms with Gasteiger partial charge >= 0.3 is 0 Å². The molecule has 0 spiro atoms. The van der Waals surface area contributed by atoms with Crippen molar-refractivity contribution in [2.24, 2.45) is 12.0 Å². The van der Waals surface area contributed by atoms with E-state index in [0.717, 1.165) is 24.8 Å². The molecule has 1 aromatic carbocycles. The fraction of sp³-hybridized carbons (Fsp3) is 0.500. The zero-order valence-electron chi connectivity index (χ0n) is 17.7. The number of aryl methyl sites for hydroxylation is 2. The molecule has 2 aromatic rings. The van der Waals surface area contributed by atoms with Crippen molar-refractivity contribution < 1.29 is 4.74 Å². The van der Waals surface area contributed by atoms with Crippen LogP contribution in [0.4, 0.5) is 0 Å². The van der Waals surface area contributed by atoms with Gasteiger partial charge in [0.05, 0.1) is 18.8 Å². The van der Waals surface area contributed by atoms with Gasteiger partial charge in [0.25, 0.3) is 0 Å². The fourth-order valence-corrected chi connectivity index (χ4v) is 2.82. The number of halogens is 1. The average Bonchev–Trinajstić information content (AvgIpc) is 3.06. The Morgan fingerprint density at radius 3 is 2.46 bits per heavy atom. The molecule has 8 heteroatoms. The molecule has 2 rings (SSSR count). The van der Waals surface area contributed by atoms with E-state index in [1.165, 1.54) is 11.1 Å². The summed E-state index contributed by atoms with van der Waals surface area (Å²) < 4.78 is 7.65. The first-order chi connectivity index (χ1) is 12.9. The number of nitrogens with one attached hydrogen (secondary N) is 1. The van der Waals surface area contributed by atoms with Gasteiger partial charge in [-0.2, -0.15) is 5.10 Å². The summed E-state index contributed by atoms with van der Waals surface area (Å²) >= 11 is 0. The first kappa shape index (κ1) is 24.2. The summed E-state index contributed by atoms with van der Waals surface area (Å²) in [6.07, 6.45) is 3.96. The highest BCUT2D eigenvalue weighted by Gasteiger charge is 2.17. The van der Waals surface area contributed by atoms with Crippen molar-refractivity contribution in [1.29, 1.82) is 0 Å². The highest BCUT2D eigenvalue weighted by Crippen LogP contribution is 2.16. The fourth-order valence-electron chi connectivity index (χ4n) is 2.82. The van der Waals surface area contributed by atoms with Crippen LogP contribution < -0.4 is 10.1 Å². The lowest BCUT2D eigenvalue weighted by Crippen LogP contribution is -2.44. The van der Waals surface area contributed by atoms with E-state index in [-0.39, 0.29) is 30.0 Å². The maximum Gasteiger partial charge on any atom is 0.193 e. The Morgan fingerprint density at radius 1 is 1.25 bits per heavy atom. The number of ether oxygens (including phenoxy) is 1. The van der Waals surface area contributed by atoms with Gasteiger partial charge in [0.1, 0.15) is 12.4 Å². The van der Waals surface area contributed by atoms with E-state index in [0.29, 0.717) is 6.61 Å². The van der Waals surface area contributed by atoms with E-state index in [9.17, 15) is 0 Å². The maximum atomic E-state index is 5.82. The van der Waals surface area contributed by atoms with Crippen LogP contribution in [0.5, 0.6) is 5.75 Å². The van der Waals surface area contributed by atoms with Crippen molar-refractivity contribution in [2.75, 3.05) is 47.9 Å². The van der Waals surface area contributed by atoms with Gasteiger partial charge in [-0.3, -0.25) is 9.67 Å². The Kier molecular flexibility index (Phi) is 10.3. The minimum absolute atomic E-state index is 0. The third kappa shape index (κ3) is 7.31. The molecule has 0 aliphatic heterocycles. The van der Waals surface area contributed by atoms with Crippen molar-refractivity contribution in [1.82, 2.24) is 24.9 Å². The molecule has 1 unspecified atom stereocenters. The Bertz CT molecular complexity index is 729. The molecular formula is C20H33IN6O. The molecule has 1 atom stereocenters. The second-order valence-electron chi connectivity index (χ2n) is 6.94. The van der Waals surface area contributed by atoms with Crippen molar-refractivity contribution in [2.45, 2.75) is 13.0 Å². The molecule has 0 amide bonds. The van der Waals surface area contributed by atoms with Crippen molar-refractivity contribution >= 4 is 29.9 Å². The first-order valence-electron chi connectivity index (χ1n) is 9.17. The number of aromatic nitrogens is 2. The summed E-state index contributed by atoms with van der Waals surface area (Å²) in [4.78, 5) is 8.64. The SMILES string of the molecule is CN=C(NCC(c1cnn(C)c1)N(C)C)N(C)CCOc1ccc(C)cc1.I. The third-order valence-corrected chi connectivity index (χ3v) is 4.48. The Labute approximate surface area is 185 Å². The number of benzene rings is 1. The van der Waals surface area contributed by atoms with Crippen LogP contribution in [0.1, 0.15) is 17.2 Å². The molecule has 1 heterocycles. The molecule has 28 heavy (non-hydrogen) atoms. The van der Waals surface area contributed by atoms with Gasteiger partial charge < -0.3 is 19.9 Å². The number of hydrogen-bond acceptors (Lipinski definition) is 4. The zero-order chi connectivity index (χ0) is 19.8. The number of aliphatic imine (C=N–C) groups is 1. The lowest BCUT2D eigenvalue weighted by molar-refractivity contribution is 0.275. The Hall–Kier alpha value is -1.81. The minimum Gasteiger partial charge on any atom is -0.492 e. The molecule has 0 fully saturated rings. The third-order valence-electron chi connectivity index (χ3n) is 4.48. The number of rotatable bonds is 8. The lowest BCUT2D eigenvalue weighted by atomic mass is 10.1. The molecule has 156 valence electrons. The van der Waals surface area contributed by atoms with Crippen LogP contribution in [0.15, 0.2) is 41.7 Å². The quantitative estimate of drug-likeness (QED) is 0.343. The van der Waals surface area contributed by atoms with Gasteiger partial charge in [0, 0.05) is 39.4 Å². The average molecular weight is 500 g/mol. The van der Waals surface area contributed by atoms with Crippen LogP contribution in [0.2, 0.25) is 0 Å². The van der Waals surface area contributed by atoms with Gasteiger partial charge in [-0.1, -0.05) is 17.7 Å².